The van der Waals surface area contributed by atoms with E-state index >= 15 is 0 Å². The van der Waals surface area contributed by atoms with E-state index in [4.69, 9.17) is 0 Å². The van der Waals surface area contributed by atoms with Gasteiger partial charge >= 0.3 is 0 Å². The molecule has 0 saturated carbocycles. The first-order valence-corrected chi connectivity index (χ1v) is 23.7. The summed E-state index contributed by atoms with van der Waals surface area (Å²) >= 11 is 0. The molecular formula is C60H44N2Si. The van der Waals surface area contributed by atoms with Gasteiger partial charge in [-0.3, -0.25) is 0 Å². The fraction of sp³-hybridized carbons (Fsp3) is 0. The molecule has 0 aliphatic carbocycles. The molecule has 1 heterocycles. The van der Waals surface area contributed by atoms with Crippen molar-refractivity contribution in [2.75, 3.05) is 4.90 Å². The van der Waals surface area contributed by atoms with Crippen molar-refractivity contribution in [3.63, 3.8) is 0 Å². The summed E-state index contributed by atoms with van der Waals surface area (Å²) < 4.78 is 2.45. The lowest BCUT2D eigenvalue weighted by Gasteiger charge is -2.34. The van der Waals surface area contributed by atoms with E-state index < -0.39 is 8.07 Å². The van der Waals surface area contributed by atoms with Crippen LogP contribution < -0.4 is 25.6 Å². The Morgan fingerprint density at radius 2 is 0.762 bits per heavy atom. The van der Waals surface area contributed by atoms with Gasteiger partial charge in [0, 0.05) is 33.4 Å². The minimum absolute atomic E-state index is 1.07. The van der Waals surface area contributed by atoms with E-state index in [2.05, 4.69) is 276 Å². The number of benzene rings is 10. The molecule has 1 aromatic heterocycles. The van der Waals surface area contributed by atoms with Crippen molar-refractivity contribution in [2.45, 2.75) is 0 Å². The minimum Gasteiger partial charge on any atom is -0.310 e. The Labute approximate surface area is 370 Å². The maximum atomic E-state index is 2.48. The molecule has 0 atom stereocenters. The van der Waals surface area contributed by atoms with E-state index in [0.717, 1.165) is 33.9 Å². The van der Waals surface area contributed by atoms with Crippen LogP contribution in [0.4, 0.5) is 17.1 Å². The lowest BCUT2D eigenvalue weighted by Crippen LogP contribution is -2.74. The zero-order valence-corrected chi connectivity index (χ0v) is 35.8. The summed E-state index contributed by atoms with van der Waals surface area (Å²) in [4.78, 5) is 2.43. The van der Waals surface area contributed by atoms with Gasteiger partial charge in [0.15, 0.2) is 8.07 Å². The van der Waals surface area contributed by atoms with E-state index in [1.807, 2.05) is 0 Å². The van der Waals surface area contributed by atoms with Crippen LogP contribution in [0.2, 0.25) is 0 Å². The van der Waals surface area contributed by atoms with Crippen molar-refractivity contribution in [1.82, 2.24) is 4.57 Å². The fourth-order valence-corrected chi connectivity index (χ4v) is 14.5. The molecular weight excluding hydrogens is 777 g/mol. The number of para-hydroxylation sites is 4. The van der Waals surface area contributed by atoms with Crippen molar-refractivity contribution in [3.05, 3.63) is 267 Å². The third kappa shape index (κ3) is 6.76. The SMILES string of the molecule is c1ccc(-c2ccccc2N(c2ccccc2)c2cc(-c3cccc([Si](c4ccccc4)(c4ccccc4)c4ccccc4)c3)cc(-n3c4ccccc4c4ccccc43)c2)cc1. The molecule has 10 aromatic carbocycles. The van der Waals surface area contributed by atoms with Crippen molar-refractivity contribution in [2.24, 2.45) is 0 Å². The van der Waals surface area contributed by atoms with Crippen LogP contribution in [0.1, 0.15) is 0 Å². The zero-order valence-electron chi connectivity index (χ0n) is 34.8. The highest BCUT2D eigenvalue weighted by Crippen LogP contribution is 2.43. The molecule has 298 valence electrons. The molecule has 63 heavy (non-hydrogen) atoms. The Bertz CT molecular complexity index is 3180. The number of rotatable bonds is 10. The van der Waals surface area contributed by atoms with Crippen molar-refractivity contribution >= 4 is 67.7 Å². The molecule has 11 rings (SSSR count). The van der Waals surface area contributed by atoms with Crippen molar-refractivity contribution < 1.29 is 0 Å². The summed E-state index contributed by atoms with van der Waals surface area (Å²) in [6.07, 6.45) is 0. The van der Waals surface area contributed by atoms with E-state index in [1.165, 1.54) is 53.7 Å². The summed E-state index contributed by atoms with van der Waals surface area (Å²) in [5.41, 5.74) is 11.4. The van der Waals surface area contributed by atoms with E-state index in [0.29, 0.717) is 0 Å². The zero-order chi connectivity index (χ0) is 42.0. The molecule has 0 amide bonds. The molecule has 0 unspecified atom stereocenters. The van der Waals surface area contributed by atoms with Gasteiger partial charge in [-0.25, -0.2) is 0 Å². The molecule has 2 nitrogen and oxygen atoms in total. The van der Waals surface area contributed by atoms with Crippen LogP contribution in [-0.4, -0.2) is 12.6 Å². The molecule has 0 aliphatic rings. The average Bonchev–Trinajstić information content (AvgIpc) is 3.71. The van der Waals surface area contributed by atoms with E-state index in [-0.39, 0.29) is 0 Å². The van der Waals surface area contributed by atoms with Gasteiger partial charge in [0.25, 0.3) is 0 Å². The lowest BCUT2D eigenvalue weighted by atomic mass is 10.00. The highest BCUT2D eigenvalue weighted by atomic mass is 28.3. The summed E-state index contributed by atoms with van der Waals surface area (Å²) in [7, 11) is -2.80. The van der Waals surface area contributed by atoms with Gasteiger partial charge < -0.3 is 9.47 Å². The van der Waals surface area contributed by atoms with Gasteiger partial charge in [0.05, 0.1) is 16.7 Å². The maximum absolute atomic E-state index is 2.80. The second-order valence-electron chi connectivity index (χ2n) is 16.1. The summed E-state index contributed by atoms with van der Waals surface area (Å²) in [6.45, 7) is 0. The van der Waals surface area contributed by atoms with Crippen LogP contribution in [-0.2, 0) is 0 Å². The molecule has 0 N–H and O–H groups in total. The Balaban J connectivity index is 1.21. The molecule has 0 spiro atoms. The van der Waals surface area contributed by atoms with E-state index in [1.54, 1.807) is 0 Å². The first-order chi connectivity index (χ1) is 31.3. The number of aromatic nitrogens is 1. The van der Waals surface area contributed by atoms with Crippen LogP contribution >= 0.6 is 0 Å². The Hall–Kier alpha value is -7.98. The van der Waals surface area contributed by atoms with Gasteiger partial charge in [-0.1, -0.05) is 218 Å². The normalized spacial score (nSPS) is 11.5. The van der Waals surface area contributed by atoms with Gasteiger partial charge in [-0.2, -0.15) is 0 Å². The standard InChI is InChI=1S/C60H44N2Si/c1-6-23-45(24-7-1)55-35-16-19-38-58(55)61(48-26-8-2-9-27-48)49-41-47(42-50(44-49)62-59-39-20-17-36-56(59)57-37-18-21-40-60(57)62)46-25-22-34-54(43-46)63(51-28-10-3-11-29-51,52-30-12-4-13-31-52)53-32-14-5-15-33-53/h1-44H. The van der Waals surface area contributed by atoms with E-state index in [9.17, 15) is 0 Å². The summed E-state index contributed by atoms with van der Waals surface area (Å²) in [6, 6.07) is 98.1. The highest BCUT2D eigenvalue weighted by Gasteiger charge is 2.41. The lowest BCUT2D eigenvalue weighted by molar-refractivity contribution is 1.17. The predicted molar refractivity (Wildman–Crippen MR) is 270 cm³/mol. The number of anilines is 3. The second-order valence-corrected chi connectivity index (χ2v) is 19.9. The Morgan fingerprint density at radius 1 is 0.302 bits per heavy atom. The molecule has 3 heteroatoms. The van der Waals surface area contributed by atoms with Gasteiger partial charge in [0.1, 0.15) is 0 Å². The van der Waals surface area contributed by atoms with Crippen molar-refractivity contribution in [3.8, 4) is 27.9 Å². The molecule has 0 aliphatic heterocycles. The first kappa shape index (κ1) is 38.0. The largest absolute Gasteiger partial charge is 0.310 e. The van der Waals surface area contributed by atoms with Gasteiger partial charge in [0.2, 0.25) is 0 Å². The molecule has 0 fully saturated rings. The second kappa shape index (κ2) is 16.5. The fourth-order valence-electron chi connectivity index (χ4n) is 9.75. The molecule has 0 radical (unpaired) electrons. The van der Waals surface area contributed by atoms with Crippen LogP contribution in [0, 0.1) is 0 Å². The van der Waals surface area contributed by atoms with Gasteiger partial charge in [-0.15, -0.1) is 0 Å². The van der Waals surface area contributed by atoms with Crippen LogP contribution in [0.25, 0.3) is 49.7 Å². The highest BCUT2D eigenvalue weighted by molar-refractivity contribution is 7.19. The van der Waals surface area contributed by atoms with Crippen LogP contribution in [0.15, 0.2) is 267 Å². The Morgan fingerprint density at radius 3 is 1.35 bits per heavy atom. The number of nitrogens with zero attached hydrogens (tertiary/aromatic N) is 2. The molecule has 0 bridgehead atoms. The number of hydrogen-bond acceptors (Lipinski definition) is 1. The first-order valence-electron chi connectivity index (χ1n) is 21.7. The molecule has 0 saturated heterocycles. The quantitative estimate of drug-likeness (QED) is 0.0985. The third-order valence-corrected chi connectivity index (χ3v) is 17.3. The van der Waals surface area contributed by atoms with Crippen LogP contribution in [0.5, 0.6) is 0 Å². The minimum atomic E-state index is -2.80. The topological polar surface area (TPSA) is 8.17 Å². The smallest absolute Gasteiger partial charge is 0.179 e. The number of fused-ring (bicyclic) bond motifs is 3. The monoisotopic (exact) mass is 820 g/mol. The average molecular weight is 821 g/mol. The third-order valence-electron chi connectivity index (χ3n) is 12.5. The number of hydrogen-bond donors (Lipinski definition) is 0. The van der Waals surface area contributed by atoms with Gasteiger partial charge in [-0.05, 0) is 86.0 Å². The summed E-state index contributed by atoms with van der Waals surface area (Å²) in [5.74, 6) is 0. The maximum Gasteiger partial charge on any atom is 0.179 e. The van der Waals surface area contributed by atoms with Crippen LogP contribution in [0.3, 0.4) is 0 Å². The Kier molecular flexibility index (Phi) is 9.93. The van der Waals surface area contributed by atoms with Crippen molar-refractivity contribution in [1.29, 1.82) is 0 Å². The predicted octanol–water partition coefficient (Wildman–Crippen LogP) is 13.0. The summed E-state index contributed by atoms with van der Waals surface area (Å²) in [5, 5.41) is 7.87. The molecule has 11 aromatic rings.